The third kappa shape index (κ3) is 3.30. The van der Waals surface area contributed by atoms with E-state index in [9.17, 15) is 10.1 Å². The van der Waals surface area contributed by atoms with Crippen LogP contribution in [0.15, 0.2) is 52.3 Å². The van der Waals surface area contributed by atoms with Crippen molar-refractivity contribution in [3.8, 4) is 0 Å². The molecule has 0 atom stereocenters. The number of nitrogens with zero attached hydrogens (tertiary/aromatic N) is 1. The summed E-state index contributed by atoms with van der Waals surface area (Å²) in [7, 11) is 0. The van der Waals surface area contributed by atoms with Crippen molar-refractivity contribution in [1.29, 1.82) is 0 Å². The number of nitrogen functional groups attached to an aromatic ring is 1. The van der Waals surface area contributed by atoms with Crippen LogP contribution < -0.4 is 5.73 Å². The molecule has 0 saturated carbocycles. The van der Waals surface area contributed by atoms with E-state index < -0.39 is 4.92 Å². The summed E-state index contributed by atoms with van der Waals surface area (Å²) in [5.74, 6) is 0.504. The van der Waals surface area contributed by atoms with Gasteiger partial charge in [-0.15, -0.1) is 0 Å². The molecular formula is C15H16N2O2S. The minimum absolute atomic E-state index is 0.0514. The number of nitrogens with two attached hydrogens (primary N) is 1. The van der Waals surface area contributed by atoms with Gasteiger partial charge in [0.15, 0.2) is 0 Å². The number of benzene rings is 2. The standard InChI is InChI=1S/C15H16N2O2S/c1-10(2)11-3-5-12(6-4-11)20-13-7-8-15(17(18)19)14(16)9-13/h3-10H,16H2,1-2H3. The zero-order chi connectivity index (χ0) is 14.7. The summed E-state index contributed by atoms with van der Waals surface area (Å²) in [5.41, 5.74) is 7.12. The van der Waals surface area contributed by atoms with Crippen molar-refractivity contribution in [2.75, 3.05) is 5.73 Å². The van der Waals surface area contributed by atoms with Gasteiger partial charge in [-0.1, -0.05) is 37.7 Å². The third-order valence-electron chi connectivity index (χ3n) is 2.98. The molecule has 2 aromatic rings. The van der Waals surface area contributed by atoms with E-state index >= 15 is 0 Å². The van der Waals surface area contributed by atoms with Crippen LogP contribution in [0.3, 0.4) is 0 Å². The quantitative estimate of drug-likeness (QED) is 0.512. The van der Waals surface area contributed by atoms with Gasteiger partial charge in [-0.05, 0) is 35.7 Å². The average molecular weight is 288 g/mol. The second-order valence-corrected chi connectivity index (χ2v) is 5.95. The molecular weight excluding hydrogens is 272 g/mol. The number of rotatable bonds is 4. The molecule has 0 heterocycles. The molecule has 0 saturated heterocycles. The normalized spacial score (nSPS) is 10.8. The average Bonchev–Trinajstić information content (AvgIpc) is 2.39. The van der Waals surface area contributed by atoms with Crippen LogP contribution in [0, 0.1) is 10.1 Å². The second kappa shape index (κ2) is 5.96. The summed E-state index contributed by atoms with van der Waals surface area (Å²) in [6.45, 7) is 4.30. The van der Waals surface area contributed by atoms with Gasteiger partial charge in [-0.3, -0.25) is 10.1 Å². The Morgan fingerprint density at radius 1 is 1.10 bits per heavy atom. The summed E-state index contributed by atoms with van der Waals surface area (Å²) in [4.78, 5) is 12.2. The molecule has 2 rings (SSSR count). The first kappa shape index (κ1) is 14.4. The Bertz CT molecular complexity index is 624. The Morgan fingerprint density at radius 3 is 2.20 bits per heavy atom. The minimum atomic E-state index is -0.471. The molecule has 0 aliphatic carbocycles. The number of nitro groups is 1. The molecule has 0 radical (unpaired) electrons. The zero-order valence-electron chi connectivity index (χ0n) is 11.4. The van der Waals surface area contributed by atoms with Crippen LogP contribution in [0.4, 0.5) is 11.4 Å². The van der Waals surface area contributed by atoms with Crippen molar-refractivity contribution < 1.29 is 4.92 Å². The van der Waals surface area contributed by atoms with Crippen LogP contribution in [0.25, 0.3) is 0 Å². The molecule has 2 N–H and O–H groups in total. The van der Waals surface area contributed by atoms with E-state index in [0.29, 0.717) is 5.92 Å². The monoisotopic (exact) mass is 288 g/mol. The fourth-order valence-electron chi connectivity index (χ4n) is 1.82. The van der Waals surface area contributed by atoms with E-state index in [1.165, 1.54) is 23.4 Å². The van der Waals surface area contributed by atoms with Crippen LogP contribution in [-0.4, -0.2) is 4.92 Å². The minimum Gasteiger partial charge on any atom is -0.393 e. The van der Waals surface area contributed by atoms with Crippen LogP contribution in [-0.2, 0) is 0 Å². The number of nitro benzene ring substituents is 1. The fraction of sp³-hybridized carbons (Fsp3) is 0.200. The van der Waals surface area contributed by atoms with Gasteiger partial charge >= 0.3 is 0 Å². The smallest absolute Gasteiger partial charge is 0.292 e. The topological polar surface area (TPSA) is 69.2 Å². The maximum Gasteiger partial charge on any atom is 0.292 e. The molecule has 0 amide bonds. The van der Waals surface area contributed by atoms with Crippen molar-refractivity contribution >= 4 is 23.1 Å². The van der Waals surface area contributed by atoms with Crippen LogP contribution in [0.1, 0.15) is 25.3 Å². The molecule has 0 spiro atoms. The molecule has 2 aromatic carbocycles. The SMILES string of the molecule is CC(C)c1ccc(Sc2ccc([N+](=O)[O-])c(N)c2)cc1. The molecule has 5 heteroatoms. The summed E-state index contributed by atoms with van der Waals surface area (Å²) < 4.78 is 0. The Kier molecular flexibility index (Phi) is 4.29. The lowest BCUT2D eigenvalue weighted by molar-refractivity contribution is -0.383. The van der Waals surface area contributed by atoms with Gasteiger partial charge in [0, 0.05) is 15.9 Å². The highest BCUT2D eigenvalue weighted by molar-refractivity contribution is 7.99. The van der Waals surface area contributed by atoms with E-state index in [1.807, 2.05) is 0 Å². The first-order valence-electron chi connectivity index (χ1n) is 6.29. The molecule has 20 heavy (non-hydrogen) atoms. The summed E-state index contributed by atoms with van der Waals surface area (Å²) in [5, 5.41) is 10.7. The van der Waals surface area contributed by atoms with Crippen LogP contribution in [0.2, 0.25) is 0 Å². The molecule has 0 aromatic heterocycles. The van der Waals surface area contributed by atoms with Gasteiger partial charge < -0.3 is 5.73 Å². The van der Waals surface area contributed by atoms with Crippen molar-refractivity contribution in [2.24, 2.45) is 0 Å². The maximum absolute atomic E-state index is 10.7. The molecule has 104 valence electrons. The van der Waals surface area contributed by atoms with Gasteiger partial charge in [-0.2, -0.15) is 0 Å². The van der Waals surface area contributed by atoms with Crippen molar-refractivity contribution in [2.45, 2.75) is 29.6 Å². The highest BCUT2D eigenvalue weighted by Gasteiger charge is 2.11. The number of anilines is 1. The van der Waals surface area contributed by atoms with Crippen LogP contribution >= 0.6 is 11.8 Å². The predicted molar refractivity (Wildman–Crippen MR) is 82.2 cm³/mol. The number of hydrogen-bond donors (Lipinski definition) is 1. The fourth-order valence-corrected chi connectivity index (χ4v) is 2.69. The first-order valence-corrected chi connectivity index (χ1v) is 7.10. The Balaban J connectivity index is 2.17. The third-order valence-corrected chi connectivity index (χ3v) is 3.98. The maximum atomic E-state index is 10.7. The summed E-state index contributed by atoms with van der Waals surface area (Å²) in [6.07, 6.45) is 0. The lowest BCUT2D eigenvalue weighted by atomic mass is 10.0. The van der Waals surface area contributed by atoms with Gasteiger partial charge in [-0.25, -0.2) is 0 Å². The lowest BCUT2D eigenvalue weighted by Gasteiger charge is -2.07. The largest absolute Gasteiger partial charge is 0.393 e. The van der Waals surface area contributed by atoms with Crippen molar-refractivity contribution in [3.05, 3.63) is 58.1 Å². The molecule has 0 bridgehead atoms. The molecule has 0 fully saturated rings. The lowest BCUT2D eigenvalue weighted by Crippen LogP contribution is -1.95. The Hall–Kier alpha value is -2.01. The highest BCUT2D eigenvalue weighted by Crippen LogP contribution is 2.33. The molecule has 4 nitrogen and oxygen atoms in total. The van der Waals surface area contributed by atoms with Gasteiger partial charge in [0.25, 0.3) is 5.69 Å². The van der Waals surface area contributed by atoms with E-state index in [4.69, 9.17) is 5.73 Å². The van der Waals surface area contributed by atoms with E-state index in [1.54, 1.807) is 12.1 Å². The first-order chi connectivity index (χ1) is 9.47. The highest BCUT2D eigenvalue weighted by atomic mass is 32.2. The summed E-state index contributed by atoms with van der Waals surface area (Å²) >= 11 is 1.54. The van der Waals surface area contributed by atoms with Gasteiger partial charge in [0.2, 0.25) is 0 Å². The Morgan fingerprint density at radius 2 is 1.70 bits per heavy atom. The van der Waals surface area contributed by atoms with Crippen molar-refractivity contribution in [1.82, 2.24) is 0 Å². The van der Waals surface area contributed by atoms with E-state index in [2.05, 4.69) is 38.1 Å². The van der Waals surface area contributed by atoms with Crippen molar-refractivity contribution in [3.63, 3.8) is 0 Å². The van der Waals surface area contributed by atoms with Gasteiger partial charge in [0.05, 0.1) is 4.92 Å². The predicted octanol–water partition coefficient (Wildman–Crippen LogP) is 4.45. The Labute approximate surface area is 122 Å². The van der Waals surface area contributed by atoms with E-state index in [0.717, 1.165) is 9.79 Å². The van der Waals surface area contributed by atoms with Crippen LogP contribution in [0.5, 0.6) is 0 Å². The summed E-state index contributed by atoms with van der Waals surface area (Å²) in [6, 6.07) is 13.1. The molecule has 0 aliphatic rings. The van der Waals surface area contributed by atoms with Gasteiger partial charge in [0.1, 0.15) is 5.69 Å². The molecule has 0 aliphatic heterocycles. The second-order valence-electron chi connectivity index (χ2n) is 4.80. The zero-order valence-corrected chi connectivity index (χ0v) is 12.2. The number of hydrogen-bond acceptors (Lipinski definition) is 4. The molecule has 0 unspecified atom stereocenters. The van der Waals surface area contributed by atoms with E-state index in [-0.39, 0.29) is 11.4 Å².